The minimum Gasteiger partial charge on any atom is -0.289 e. The molecule has 1 atom stereocenters. The van der Waals surface area contributed by atoms with Gasteiger partial charge in [0.2, 0.25) is 0 Å². The van der Waals surface area contributed by atoms with Gasteiger partial charge in [0.25, 0.3) is 0 Å². The van der Waals surface area contributed by atoms with E-state index in [2.05, 4.69) is 5.92 Å². The summed E-state index contributed by atoms with van der Waals surface area (Å²) in [5, 5.41) is 0. The van der Waals surface area contributed by atoms with Crippen molar-refractivity contribution in [2.45, 2.75) is 13.0 Å². The Kier molecular flexibility index (Phi) is 3.81. The van der Waals surface area contributed by atoms with Gasteiger partial charge in [-0.05, 0) is 31.7 Å². The average Bonchev–Trinajstić information content (AvgIpc) is 2.21. The molecule has 0 saturated heterocycles. The van der Waals surface area contributed by atoms with Crippen LogP contribution in [0, 0.1) is 24.0 Å². The highest BCUT2D eigenvalue weighted by Gasteiger charge is 2.12. The van der Waals surface area contributed by atoms with Crippen LogP contribution in [0.15, 0.2) is 18.2 Å². The van der Waals surface area contributed by atoms with Crippen LogP contribution in [0.2, 0.25) is 0 Å². The first kappa shape index (κ1) is 11.7. The highest BCUT2D eigenvalue weighted by molar-refractivity contribution is 5.21. The summed E-state index contributed by atoms with van der Waals surface area (Å²) in [5.74, 6) is 0.849. The number of halogens is 2. The molecule has 0 aliphatic heterocycles. The van der Waals surface area contributed by atoms with Crippen LogP contribution in [-0.4, -0.2) is 18.5 Å². The minimum atomic E-state index is -0.828. The van der Waals surface area contributed by atoms with Crippen molar-refractivity contribution in [1.29, 1.82) is 0 Å². The molecule has 1 rings (SSSR count). The molecule has 0 aliphatic rings. The Labute approximate surface area is 88.7 Å². The first-order valence-corrected chi connectivity index (χ1v) is 4.65. The molecule has 3 heteroatoms. The lowest BCUT2D eigenvalue weighted by Gasteiger charge is -2.22. The Morgan fingerprint density at radius 1 is 1.40 bits per heavy atom. The molecule has 80 valence electrons. The van der Waals surface area contributed by atoms with Gasteiger partial charge in [-0.15, -0.1) is 6.42 Å². The van der Waals surface area contributed by atoms with Crippen LogP contribution in [0.1, 0.15) is 18.5 Å². The first-order valence-electron chi connectivity index (χ1n) is 4.65. The molecule has 0 bridgehead atoms. The van der Waals surface area contributed by atoms with Gasteiger partial charge in [-0.2, -0.15) is 0 Å². The number of benzene rings is 1. The Hall–Kier alpha value is -1.40. The number of nitrogens with zero attached hydrogens (tertiary/aromatic N) is 1. The summed E-state index contributed by atoms with van der Waals surface area (Å²) in [5.41, 5.74) is 0.714. The van der Waals surface area contributed by atoms with Gasteiger partial charge in [-0.3, -0.25) is 4.90 Å². The van der Waals surface area contributed by atoms with Gasteiger partial charge in [0.1, 0.15) is 0 Å². The largest absolute Gasteiger partial charge is 0.289 e. The molecule has 0 fully saturated rings. The lowest BCUT2D eigenvalue weighted by atomic mass is 10.1. The van der Waals surface area contributed by atoms with Crippen LogP contribution in [0.4, 0.5) is 8.78 Å². The van der Waals surface area contributed by atoms with Gasteiger partial charge in [0.15, 0.2) is 11.6 Å². The Morgan fingerprint density at radius 3 is 2.60 bits per heavy atom. The quantitative estimate of drug-likeness (QED) is 0.692. The molecule has 0 aliphatic carbocycles. The van der Waals surface area contributed by atoms with Gasteiger partial charge in [0.05, 0.1) is 6.54 Å². The van der Waals surface area contributed by atoms with E-state index >= 15 is 0 Å². The van der Waals surface area contributed by atoms with E-state index in [0.29, 0.717) is 12.1 Å². The molecule has 1 unspecified atom stereocenters. The SMILES string of the molecule is C#CCN(C)C(C)c1ccc(F)c(F)c1. The molecule has 0 radical (unpaired) electrons. The summed E-state index contributed by atoms with van der Waals surface area (Å²) in [4.78, 5) is 1.88. The zero-order chi connectivity index (χ0) is 11.4. The van der Waals surface area contributed by atoms with Crippen molar-refractivity contribution < 1.29 is 8.78 Å². The minimum absolute atomic E-state index is 0.0313. The molecule has 0 N–H and O–H groups in total. The van der Waals surface area contributed by atoms with Crippen molar-refractivity contribution in [2.24, 2.45) is 0 Å². The number of hydrogen-bond acceptors (Lipinski definition) is 1. The van der Waals surface area contributed by atoms with Crippen LogP contribution < -0.4 is 0 Å². The van der Waals surface area contributed by atoms with Crippen LogP contribution in [0.3, 0.4) is 0 Å². The zero-order valence-electron chi connectivity index (χ0n) is 8.80. The van der Waals surface area contributed by atoms with Crippen molar-refractivity contribution in [2.75, 3.05) is 13.6 Å². The predicted octanol–water partition coefficient (Wildman–Crippen LogP) is 2.59. The van der Waals surface area contributed by atoms with Crippen molar-refractivity contribution in [3.05, 3.63) is 35.4 Å². The molecule has 0 amide bonds. The first-order chi connectivity index (χ1) is 7.06. The maximum absolute atomic E-state index is 13.0. The number of rotatable bonds is 3. The summed E-state index contributed by atoms with van der Waals surface area (Å²) >= 11 is 0. The second kappa shape index (κ2) is 4.90. The molecule has 1 aromatic carbocycles. The molecule has 0 saturated carbocycles. The molecular formula is C12H13F2N. The number of terminal acetylenes is 1. The standard InChI is InChI=1S/C12H13F2N/c1-4-7-15(3)9(2)10-5-6-11(13)12(14)8-10/h1,5-6,8-9H,7H2,2-3H3. The van der Waals surface area contributed by atoms with Crippen molar-refractivity contribution in [3.63, 3.8) is 0 Å². The highest BCUT2D eigenvalue weighted by Crippen LogP contribution is 2.20. The second-order valence-electron chi connectivity index (χ2n) is 3.47. The lowest BCUT2D eigenvalue weighted by Crippen LogP contribution is -2.22. The zero-order valence-corrected chi connectivity index (χ0v) is 8.80. The maximum atomic E-state index is 13.0. The third-order valence-corrected chi connectivity index (χ3v) is 2.43. The third kappa shape index (κ3) is 2.77. The molecule has 0 aromatic heterocycles. The summed E-state index contributed by atoms with van der Waals surface area (Å²) in [6.45, 7) is 2.37. The van der Waals surface area contributed by atoms with Gasteiger partial charge < -0.3 is 0 Å². The van der Waals surface area contributed by atoms with E-state index in [1.165, 1.54) is 6.07 Å². The van der Waals surface area contributed by atoms with E-state index in [-0.39, 0.29) is 6.04 Å². The van der Waals surface area contributed by atoms with Gasteiger partial charge in [0, 0.05) is 6.04 Å². The highest BCUT2D eigenvalue weighted by atomic mass is 19.2. The molecule has 15 heavy (non-hydrogen) atoms. The summed E-state index contributed by atoms with van der Waals surface area (Å²) < 4.78 is 25.6. The van der Waals surface area contributed by atoms with E-state index in [9.17, 15) is 8.78 Å². The topological polar surface area (TPSA) is 3.24 Å². The van der Waals surface area contributed by atoms with E-state index in [0.717, 1.165) is 6.07 Å². The maximum Gasteiger partial charge on any atom is 0.159 e. The van der Waals surface area contributed by atoms with E-state index in [1.54, 1.807) is 6.07 Å². The lowest BCUT2D eigenvalue weighted by molar-refractivity contribution is 0.293. The Morgan fingerprint density at radius 2 is 2.07 bits per heavy atom. The van der Waals surface area contributed by atoms with E-state index in [1.807, 2.05) is 18.9 Å². The fourth-order valence-electron chi connectivity index (χ4n) is 1.31. The summed E-state index contributed by atoms with van der Waals surface area (Å²) in [6.07, 6.45) is 5.17. The van der Waals surface area contributed by atoms with Gasteiger partial charge >= 0.3 is 0 Å². The van der Waals surface area contributed by atoms with Crippen LogP contribution in [0.25, 0.3) is 0 Å². The number of hydrogen-bond donors (Lipinski definition) is 0. The van der Waals surface area contributed by atoms with Gasteiger partial charge in [-0.1, -0.05) is 12.0 Å². The average molecular weight is 209 g/mol. The molecular weight excluding hydrogens is 196 g/mol. The fraction of sp³-hybridized carbons (Fsp3) is 0.333. The smallest absolute Gasteiger partial charge is 0.159 e. The molecule has 1 aromatic rings. The third-order valence-electron chi connectivity index (χ3n) is 2.43. The molecule has 1 nitrogen and oxygen atoms in total. The van der Waals surface area contributed by atoms with Crippen molar-refractivity contribution in [3.8, 4) is 12.3 Å². The van der Waals surface area contributed by atoms with E-state index in [4.69, 9.17) is 6.42 Å². The Bertz CT molecular complexity index is 382. The second-order valence-corrected chi connectivity index (χ2v) is 3.47. The van der Waals surface area contributed by atoms with E-state index < -0.39 is 11.6 Å². The normalized spacial score (nSPS) is 12.5. The van der Waals surface area contributed by atoms with Crippen LogP contribution in [-0.2, 0) is 0 Å². The monoisotopic (exact) mass is 209 g/mol. The fourth-order valence-corrected chi connectivity index (χ4v) is 1.31. The van der Waals surface area contributed by atoms with Gasteiger partial charge in [-0.25, -0.2) is 8.78 Å². The molecule has 0 spiro atoms. The predicted molar refractivity (Wildman–Crippen MR) is 56.2 cm³/mol. The van der Waals surface area contributed by atoms with Crippen LogP contribution >= 0.6 is 0 Å². The van der Waals surface area contributed by atoms with Crippen LogP contribution in [0.5, 0.6) is 0 Å². The summed E-state index contributed by atoms with van der Waals surface area (Å²) in [7, 11) is 1.84. The van der Waals surface area contributed by atoms with Crippen molar-refractivity contribution in [1.82, 2.24) is 4.90 Å². The Balaban J connectivity index is 2.87. The molecule has 0 heterocycles. The van der Waals surface area contributed by atoms with Crippen molar-refractivity contribution >= 4 is 0 Å². The summed E-state index contributed by atoms with van der Waals surface area (Å²) in [6, 6.07) is 3.87.